The van der Waals surface area contributed by atoms with Crippen molar-refractivity contribution in [2.24, 2.45) is 0 Å². The normalized spacial score (nSPS) is 20.0. The highest BCUT2D eigenvalue weighted by Gasteiger charge is 2.35. The summed E-state index contributed by atoms with van der Waals surface area (Å²) in [5, 5.41) is 0. The minimum absolute atomic E-state index is 0.0694. The van der Waals surface area contributed by atoms with Crippen LogP contribution in [0.4, 0.5) is 5.82 Å². The Labute approximate surface area is 172 Å². The second-order valence-corrected chi connectivity index (χ2v) is 8.57. The molecule has 2 aromatic heterocycles. The first kappa shape index (κ1) is 21.2. The molecule has 156 valence electrons. The second-order valence-electron chi connectivity index (χ2n) is 8.57. The van der Waals surface area contributed by atoms with Crippen LogP contribution >= 0.6 is 0 Å². The van der Waals surface area contributed by atoms with Gasteiger partial charge in [0.1, 0.15) is 12.1 Å². The fraction of sp³-hybridized carbons (Fsp3) is 0.545. The van der Waals surface area contributed by atoms with Crippen molar-refractivity contribution in [2.45, 2.75) is 58.9 Å². The summed E-state index contributed by atoms with van der Waals surface area (Å²) in [7, 11) is 2.06. The molecule has 0 aliphatic carbocycles. The summed E-state index contributed by atoms with van der Waals surface area (Å²) in [5.41, 5.74) is 9.20. The third kappa shape index (κ3) is 4.10. The lowest BCUT2D eigenvalue weighted by Crippen LogP contribution is -2.52. The van der Waals surface area contributed by atoms with E-state index in [0.29, 0.717) is 29.9 Å². The Morgan fingerprint density at radius 2 is 2.00 bits per heavy atom. The zero-order chi connectivity index (χ0) is 21.3. The Morgan fingerprint density at radius 3 is 2.66 bits per heavy atom. The van der Waals surface area contributed by atoms with Crippen molar-refractivity contribution in [1.82, 2.24) is 19.4 Å². The van der Waals surface area contributed by atoms with Crippen LogP contribution in [-0.2, 0) is 18.4 Å². The first-order valence-electron chi connectivity index (χ1n) is 10.2. The number of nitrogen functional groups attached to an aromatic ring is 1. The summed E-state index contributed by atoms with van der Waals surface area (Å²) in [4.78, 5) is 36.6. The molecule has 0 saturated carbocycles. The topological polar surface area (TPSA) is 94.1 Å². The first-order chi connectivity index (χ1) is 13.6. The Morgan fingerprint density at radius 1 is 1.28 bits per heavy atom. The number of likely N-dealkylation sites (tertiary alicyclic amines) is 1. The minimum Gasteiger partial charge on any atom is -0.383 e. The van der Waals surface area contributed by atoms with Crippen molar-refractivity contribution in [3.05, 3.63) is 50.8 Å². The fourth-order valence-electron chi connectivity index (χ4n) is 4.60. The van der Waals surface area contributed by atoms with Crippen molar-refractivity contribution < 1.29 is 4.79 Å². The van der Waals surface area contributed by atoms with E-state index in [1.54, 1.807) is 11.5 Å². The summed E-state index contributed by atoms with van der Waals surface area (Å²) >= 11 is 0. The molecule has 1 saturated heterocycles. The summed E-state index contributed by atoms with van der Waals surface area (Å²) in [6, 6.07) is 1.87. The van der Waals surface area contributed by atoms with Gasteiger partial charge in [-0.05, 0) is 71.7 Å². The SMILES string of the molecule is CC(=O)c1c(C)cc(CCc2ncnc(N)c2C)c(=O)n1C1(C)CCCN(C)C1. The van der Waals surface area contributed by atoms with Gasteiger partial charge in [-0.3, -0.25) is 14.2 Å². The van der Waals surface area contributed by atoms with Gasteiger partial charge in [0.2, 0.25) is 0 Å². The molecule has 3 rings (SSSR count). The lowest BCUT2D eigenvalue weighted by atomic mass is 9.89. The van der Waals surface area contributed by atoms with Crippen LogP contribution in [0.3, 0.4) is 0 Å². The number of aromatic nitrogens is 3. The molecule has 7 nitrogen and oxygen atoms in total. The van der Waals surface area contributed by atoms with Gasteiger partial charge in [0, 0.05) is 30.3 Å². The average Bonchev–Trinajstić information content (AvgIpc) is 2.64. The minimum atomic E-state index is -0.402. The zero-order valence-corrected chi connectivity index (χ0v) is 18.1. The number of likely N-dealkylation sites (N-methyl/N-ethyl adjacent to an activating group) is 1. The van der Waals surface area contributed by atoms with Crippen molar-refractivity contribution in [3.63, 3.8) is 0 Å². The lowest BCUT2D eigenvalue weighted by Gasteiger charge is -2.41. The maximum atomic E-state index is 13.6. The zero-order valence-electron chi connectivity index (χ0n) is 18.1. The predicted molar refractivity (Wildman–Crippen MR) is 114 cm³/mol. The second kappa shape index (κ2) is 8.06. The number of anilines is 1. The smallest absolute Gasteiger partial charge is 0.254 e. The molecule has 0 amide bonds. The highest BCUT2D eigenvalue weighted by Crippen LogP contribution is 2.29. The summed E-state index contributed by atoms with van der Waals surface area (Å²) in [6.07, 6.45) is 4.48. The van der Waals surface area contributed by atoms with E-state index in [4.69, 9.17) is 5.73 Å². The van der Waals surface area contributed by atoms with Crippen LogP contribution in [0.25, 0.3) is 0 Å². The van der Waals surface area contributed by atoms with E-state index in [-0.39, 0.29) is 11.3 Å². The van der Waals surface area contributed by atoms with E-state index in [1.807, 2.05) is 19.9 Å². The molecule has 1 atom stereocenters. The van der Waals surface area contributed by atoms with Gasteiger partial charge in [-0.15, -0.1) is 0 Å². The molecule has 0 aromatic carbocycles. The maximum Gasteiger partial charge on any atom is 0.254 e. The largest absolute Gasteiger partial charge is 0.383 e. The number of hydrogen-bond acceptors (Lipinski definition) is 6. The number of nitrogens with zero attached hydrogens (tertiary/aromatic N) is 4. The van der Waals surface area contributed by atoms with Gasteiger partial charge in [-0.25, -0.2) is 9.97 Å². The molecule has 3 heterocycles. The van der Waals surface area contributed by atoms with E-state index in [1.165, 1.54) is 6.33 Å². The molecule has 0 spiro atoms. The molecule has 0 radical (unpaired) electrons. The third-order valence-corrected chi connectivity index (χ3v) is 6.06. The summed E-state index contributed by atoms with van der Waals surface area (Å²) in [6.45, 7) is 9.20. The van der Waals surface area contributed by atoms with Gasteiger partial charge < -0.3 is 10.6 Å². The van der Waals surface area contributed by atoms with Crippen LogP contribution < -0.4 is 11.3 Å². The Balaban J connectivity index is 2.06. The fourth-order valence-corrected chi connectivity index (χ4v) is 4.60. The standard InChI is InChI=1S/C22H31N5O2/c1-14-11-17(7-8-18-15(2)20(23)25-13-24-18)21(29)27(19(14)16(3)28)22(4)9-6-10-26(5)12-22/h11,13H,6-10,12H2,1-5H3,(H2,23,24,25). The number of rotatable bonds is 5. The highest BCUT2D eigenvalue weighted by molar-refractivity contribution is 5.94. The van der Waals surface area contributed by atoms with Crippen LogP contribution in [0.5, 0.6) is 0 Å². The maximum absolute atomic E-state index is 13.6. The predicted octanol–water partition coefficient (Wildman–Crippen LogP) is 2.27. The lowest BCUT2D eigenvalue weighted by molar-refractivity contribution is 0.0953. The Hall–Kier alpha value is -2.54. The number of aryl methyl sites for hydroxylation is 3. The third-order valence-electron chi connectivity index (χ3n) is 6.06. The Bertz CT molecular complexity index is 997. The molecule has 1 fully saturated rings. The number of carbonyl (C=O) groups is 1. The van der Waals surface area contributed by atoms with Gasteiger partial charge in [0.15, 0.2) is 5.78 Å². The quantitative estimate of drug-likeness (QED) is 0.778. The number of nitrogens with two attached hydrogens (primary N) is 1. The molecular weight excluding hydrogens is 366 g/mol. The number of pyridine rings is 1. The molecule has 1 aliphatic heterocycles. The molecule has 7 heteroatoms. The monoisotopic (exact) mass is 397 g/mol. The molecule has 29 heavy (non-hydrogen) atoms. The van der Waals surface area contributed by atoms with Gasteiger partial charge in [-0.2, -0.15) is 0 Å². The van der Waals surface area contributed by atoms with Crippen LogP contribution in [0.15, 0.2) is 17.2 Å². The van der Waals surface area contributed by atoms with Gasteiger partial charge in [0.25, 0.3) is 5.56 Å². The summed E-state index contributed by atoms with van der Waals surface area (Å²) < 4.78 is 1.77. The number of hydrogen-bond donors (Lipinski definition) is 1. The average molecular weight is 398 g/mol. The van der Waals surface area contributed by atoms with Crippen molar-refractivity contribution in [1.29, 1.82) is 0 Å². The van der Waals surface area contributed by atoms with Crippen molar-refractivity contribution in [3.8, 4) is 0 Å². The number of ketones is 1. The van der Waals surface area contributed by atoms with E-state index in [2.05, 4.69) is 28.8 Å². The van der Waals surface area contributed by atoms with Crippen molar-refractivity contribution >= 4 is 11.6 Å². The summed E-state index contributed by atoms with van der Waals surface area (Å²) in [5.74, 6) is 0.397. The molecule has 2 N–H and O–H groups in total. The molecule has 1 unspecified atom stereocenters. The van der Waals surface area contributed by atoms with E-state index < -0.39 is 5.54 Å². The van der Waals surface area contributed by atoms with Crippen LogP contribution in [0, 0.1) is 13.8 Å². The van der Waals surface area contributed by atoms with E-state index in [9.17, 15) is 9.59 Å². The number of piperidine rings is 1. The Kier molecular flexibility index (Phi) is 5.89. The number of Topliss-reactive ketones (excluding diaryl/α,β-unsaturated/α-hetero) is 1. The molecule has 0 bridgehead atoms. The van der Waals surface area contributed by atoms with Crippen molar-refractivity contribution in [2.75, 3.05) is 25.9 Å². The first-order valence-corrected chi connectivity index (χ1v) is 10.2. The van der Waals surface area contributed by atoms with Crippen LogP contribution in [0.1, 0.15) is 59.6 Å². The molecule has 1 aliphatic rings. The van der Waals surface area contributed by atoms with Crippen LogP contribution in [-0.4, -0.2) is 45.4 Å². The van der Waals surface area contributed by atoms with Gasteiger partial charge in [0.05, 0.1) is 11.2 Å². The van der Waals surface area contributed by atoms with Crippen LogP contribution in [0.2, 0.25) is 0 Å². The number of carbonyl (C=O) groups excluding carboxylic acids is 1. The molecular formula is C22H31N5O2. The van der Waals surface area contributed by atoms with Gasteiger partial charge >= 0.3 is 0 Å². The molecule has 2 aromatic rings. The highest BCUT2D eigenvalue weighted by atomic mass is 16.1. The van der Waals surface area contributed by atoms with E-state index >= 15 is 0 Å². The van der Waals surface area contributed by atoms with Gasteiger partial charge in [-0.1, -0.05) is 0 Å². The van der Waals surface area contributed by atoms with E-state index in [0.717, 1.165) is 42.8 Å².